The molecule has 2 atom stereocenters. The zero-order valence-corrected chi connectivity index (χ0v) is 15.4. The molecule has 2 aromatic heterocycles. The van der Waals surface area contributed by atoms with Gasteiger partial charge in [-0.2, -0.15) is 5.10 Å². The smallest absolute Gasteiger partial charge is 0.253 e. The van der Waals surface area contributed by atoms with E-state index in [0.717, 1.165) is 12.1 Å². The van der Waals surface area contributed by atoms with Crippen molar-refractivity contribution in [2.24, 2.45) is 0 Å². The van der Waals surface area contributed by atoms with E-state index in [1.807, 2.05) is 0 Å². The number of benzene rings is 1. The molecule has 146 valence electrons. The highest BCUT2D eigenvalue weighted by atomic mass is 35.5. The van der Waals surface area contributed by atoms with Crippen LogP contribution in [0.25, 0.3) is 0 Å². The molecule has 0 saturated carbocycles. The number of aromatic nitrogens is 4. The zero-order valence-electron chi connectivity index (χ0n) is 14.7. The van der Waals surface area contributed by atoms with Crippen molar-refractivity contribution in [3.63, 3.8) is 0 Å². The van der Waals surface area contributed by atoms with Crippen molar-refractivity contribution >= 4 is 17.5 Å². The Morgan fingerprint density at radius 3 is 2.75 bits per heavy atom. The van der Waals surface area contributed by atoms with Gasteiger partial charge in [0.1, 0.15) is 35.0 Å². The van der Waals surface area contributed by atoms with Gasteiger partial charge >= 0.3 is 0 Å². The number of rotatable bonds is 6. The molecule has 2 heterocycles. The second-order valence-corrected chi connectivity index (χ2v) is 6.59. The highest BCUT2D eigenvalue weighted by Gasteiger charge is 2.40. The van der Waals surface area contributed by atoms with Gasteiger partial charge in [-0.25, -0.2) is 23.4 Å². The summed E-state index contributed by atoms with van der Waals surface area (Å²) in [6, 6.07) is 4.75. The molecule has 1 aromatic carbocycles. The monoisotopic (exact) mass is 407 g/mol. The third-order valence-electron chi connectivity index (χ3n) is 4.32. The minimum atomic E-state index is -1.94. The Morgan fingerprint density at radius 2 is 2.14 bits per heavy atom. The first-order valence-corrected chi connectivity index (χ1v) is 8.60. The lowest BCUT2D eigenvalue weighted by atomic mass is 9.86. The first-order chi connectivity index (χ1) is 13.3. The van der Waals surface area contributed by atoms with Gasteiger partial charge in [-0.3, -0.25) is 4.79 Å². The van der Waals surface area contributed by atoms with Crippen LogP contribution >= 0.6 is 11.6 Å². The van der Waals surface area contributed by atoms with Crippen molar-refractivity contribution in [1.82, 2.24) is 25.1 Å². The van der Waals surface area contributed by atoms with E-state index in [-0.39, 0.29) is 22.8 Å². The molecular formula is C18H16ClF2N5O2. The first kappa shape index (κ1) is 19.8. The van der Waals surface area contributed by atoms with Crippen molar-refractivity contribution in [2.45, 2.75) is 25.1 Å². The van der Waals surface area contributed by atoms with Crippen LogP contribution in [-0.2, 0) is 12.1 Å². The molecule has 0 saturated heterocycles. The van der Waals surface area contributed by atoms with Gasteiger partial charge in [0.15, 0.2) is 0 Å². The largest absolute Gasteiger partial charge is 0.381 e. The van der Waals surface area contributed by atoms with Gasteiger partial charge in [-0.15, -0.1) is 0 Å². The predicted molar refractivity (Wildman–Crippen MR) is 96.5 cm³/mol. The van der Waals surface area contributed by atoms with Crippen molar-refractivity contribution < 1.29 is 18.7 Å². The van der Waals surface area contributed by atoms with E-state index in [9.17, 15) is 18.7 Å². The molecule has 0 aliphatic rings. The van der Waals surface area contributed by atoms with Crippen LogP contribution in [0.5, 0.6) is 0 Å². The molecule has 10 heteroatoms. The summed E-state index contributed by atoms with van der Waals surface area (Å²) in [5.74, 6) is -2.28. The highest BCUT2D eigenvalue weighted by Crippen LogP contribution is 2.30. The molecule has 0 bridgehead atoms. The molecular weight excluding hydrogens is 392 g/mol. The number of amides is 1. The van der Waals surface area contributed by atoms with Crippen molar-refractivity contribution in [3.05, 3.63) is 77.1 Å². The third kappa shape index (κ3) is 4.15. The lowest BCUT2D eigenvalue weighted by Crippen LogP contribution is -2.51. The van der Waals surface area contributed by atoms with Gasteiger partial charge < -0.3 is 10.4 Å². The van der Waals surface area contributed by atoms with Crippen LogP contribution in [0.3, 0.4) is 0 Å². The SMILES string of the molecule is C[C@@H](NC(=O)c1ccc(Cl)nc1)[C@](O)(Cn1cncn1)c1ccc(F)cc1F. The van der Waals surface area contributed by atoms with Crippen molar-refractivity contribution in [3.8, 4) is 0 Å². The average molecular weight is 408 g/mol. The number of carbonyl (C=O) groups excluding carboxylic acids is 1. The summed E-state index contributed by atoms with van der Waals surface area (Å²) in [6.07, 6.45) is 3.87. The van der Waals surface area contributed by atoms with Gasteiger partial charge in [-0.05, 0) is 25.1 Å². The molecule has 2 N–H and O–H groups in total. The fourth-order valence-electron chi connectivity index (χ4n) is 2.77. The molecule has 3 aromatic rings. The molecule has 7 nitrogen and oxygen atoms in total. The number of hydrogen-bond acceptors (Lipinski definition) is 5. The van der Waals surface area contributed by atoms with Crippen LogP contribution in [0.1, 0.15) is 22.8 Å². The number of hydrogen-bond donors (Lipinski definition) is 2. The van der Waals surface area contributed by atoms with E-state index in [4.69, 9.17) is 11.6 Å². The quantitative estimate of drug-likeness (QED) is 0.612. The minimum absolute atomic E-state index is 0.188. The summed E-state index contributed by atoms with van der Waals surface area (Å²) in [5.41, 5.74) is -1.92. The summed E-state index contributed by atoms with van der Waals surface area (Å²) < 4.78 is 29.1. The lowest BCUT2D eigenvalue weighted by molar-refractivity contribution is -0.0186. The summed E-state index contributed by atoms with van der Waals surface area (Å²) >= 11 is 5.71. The van der Waals surface area contributed by atoms with Gasteiger partial charge in [0, 0.05) is 17.8 Å². The van der Waals surface area contributed by atoms with Crippen LogP contribution < -0.4 is 5.32 Å². The van der Waals surface area contributed by atoms with Gasteiger partial charge in [-0.1, -0.05) is 17.7 Å². The van der Waals surface area contributed by atoms with E-state index >= 15 is 0 Å². The summed E-state index contributed by atoms with van der Waals surface area (Å²) in [4.78, 5) is 20.1. The maximum Gasteiger partial charge on any atom is 0.253 e. The topological polar surface area (TPSA) is 92.9 Å². The molecule has 3 rings (SSSR count). The summed E-state index contributed by atoms with van der Waals surface area (Å²) in [7, 11) is 0. The molecule has 0 aliphatic carbocycles. The molecule has 0 aliphatic heterocycles. The molecule has 0 spiro atoms. The fourth-order valence-corrected chi connectivity index (χ4v) is 2.88. The van der Waals surface area contributed by atoms with E-state index in [1.165, 1.54) is 42.6 Å². The second-order valence-electron chi connectivity index (χ2n) is 6.21. The Bertz CT molecular complexity index is 969. The van der Waals surface area contributed by atoms with E-state index in [1.54, 1.807) is 0 Å². The Balaban J connectivity index is 1.93. The molecule has 0 fully saturated rings. The summed E-state index contributed by atoms with van der Waals surface area (Å²) in [6.45, 7) is 1.27. The van der Waals surface area contributed by atoms with Crippen LogP contribution in [0.4, 0.5) is 8.78 Å². The summed E-state index contributed by atoms with van der Waals surface area (Å²) in [5, 5.41) is 18.1. The van der Waals surface area contributed by atoms with E-state index in [0.29, 0.717) is 6.07 Å². The predicted octanol–water partition coefficient (Wildman–Crippen LogP) is 2.31. The standard InChI is InChI=1S/C18H16ClF2N5O2/c1-11(25-17(27)12-2-5-16(19)23-7-12)18(28,8-26-10-22-9-24-26)14-4-3-13(20)6-15(14)21/h2-7,9-11,28H,8H2,1H3,(H,25,27)/t11-,18-/m1/s1. The number of nitrogens with one attached hydrogen (secondary N) is 1. The fraction of sp³-hybridized carbons (Fsp3) is 0.222. The first-order valence-electron chi connectivity index (χ1n) is 8.22. The van der Waals surface area contributed by atoms with Gasteiger partial charge in [0.2, 0.25) is 0 Å². The Labute approximate surface area is 164 Å². The Kier molecular flexibility index (Phi) is 5.66. The number of pyridine rings is 1. The van der Waals surface area contributed by atoms with Gasteiger partial charge in [0.25, 0.3) is 5.91 Å². The Morgan fingerprint density at radius 1 is 1.36 bits per heavy atom. The minimum Gasteiger partial charge on any atom is -0.381 e. The maximum atomic E-state index is 14.5. The van der Waals surface area contributed by atoms with Crippen molar-refractivity contribution in [1.29, 1.82) is 0 Å². The van der Waals surface area contributed by atoms with Crippen LogP contribution in [0.2, 0.25) is 5.15 Å². The number of aliphatic hydroxyl groups is 1. The normalized spacial score (nSPS) is 14.3. The molecule has 0 unspecified atom stereocenters. The van der Waals surface area contributed by atoms with Crippen molar-refractivity contribution in [2.75, 3.05) is 0 Å². The van der Waals surface area contributed by atoms with E-state index < -0.39 is 29.2 Å². The Hall–Kier alpha value is -2.91. The molecule has 28 heavy (non-hydrogen) atoms. The van der Waals surface area contributed by atoms with E-state index in [2.05, 4.69) is 20.4 Å². The lowest BCUT2D eigenvalue weighted by Gasteiger charge is -2.35. The van der Waals surface area contributed by atoms with Crippen LogP contribution in [0.15, 0.2) is 49.2 Å². The second kappa shape index (κ2) is 7.99. The third-order valence-corrected chi connectivity index (χ3v) is 4.54. The highest BCUT2D eigenvalue weighted by molar-refractivity contribution is 6.29. The molecule has 1 amide bonds. The number of carbonyl (C=O) groups is 1. The van der Waals surface area contributed by atoms with Gasteiger partial charge in [0.05, 0.1) is 18.2 Å². The maximum absolute atomic E-state index is 14.5. The average Bonchev–Trinajstić information content (AvgIpc) is 3.14. The number of halogens is 3. The molecule has 0 radical (unpaired) electrons. The number of nitrogens with zero attached hydrogens (tertiary/aromatic N) is 4. The van der Waals surface area contributed by atoms with Crippen LogP contribution in [0, 0.1) is 11.6 Å². The zero-order chi connectivity index (χ0) is 20.3. The van der Waals surface area contributed by atoms with Crippen LogP contribution in [-0.4, -0.2) is 36.8 Å².